The van der Waals surface area contributed by atoms with E-state index in [2.05, 4.69) is 45.0 Å². The van der Waals surface area contributed by atoms with Crippen LogP contribution in [0.2, 0.25) is 0 Å². The Kier molecular flexibility index (Phi) is 2.73. The lowest BCUT2D eigenvalue weighted by atomic mass is 10.1. The molecule has 1 aromatic carbocycles. The molecule has 0 bridgehead atoms. The first kappa shape index (κ1) is 11.9. The molecule has 20 heavy (non-hydrogen) atoms. The molecule has 2 aliphatic rings. The Morgan fingerprint density at radius 1 is 1.25 bits per heavy atom. The molecular weight excluding hydrogens is 250 g/mol. The first-order valence-electron chi connectivity index (χ1n) is 7.31. The number of nitrogens with one attached hydrogen (secondary N) is 1. The molecule has 1 saturated heterocycles. The van der Waals surface area contributed by atoms with Gasteiger partial charge in [-0.2, -0.15) is 5.10 Å². The molecule has 0 saturated carbocycles. The van der Waals surface area contributed by atoms with Gasteiger partial charge in [0, 0.05) is 43.5 Å². The summed E-state index contributed by atoms with van der Waals surface area (Å²) in [6, 6.07) is 6.97. The predicted octanol–water partition coefficient (Wildman–Crippen LogP) is 1.44. The van der Waals surface area contributed by atoms with Crippen molar-refractivity contribution in [3.63, 3.8) is 0 Å². The molecular formula is C15H19N5. The first-order valence-corrected chi connectivity index (χ1v) is 7.31. The molecule has 2 aliphatic heterocycles. The average Bonchev–Trinajstić information content (AvgIpc) is 2.87. The van der Waals surface area contributed by atoms with Gasteiger partial charge in [0.2, 0.25) is 0 Å². The van der Waals surface area contributed by atoms with E-state index in [1.165, 1.54) is 11.1 Å². The van der Waals surface area contributed by atoms with Gasteiger partial charge >= 0.3 is 0 Å². The van der Waals surface area contributed by atoms with E-state index in [1.807, 2.05) is 6.21 Å². The summed E-state index contributed by atoms with van der Waals surface area (Å²) in [7, 11) is 0. The number of fused-ring (bicyclic) bond motifs is 3. The van der Waals surface area contributed by atoms with E-state index in [1.54, 1.807) is 0 Å². The molecule has 5 nitrogen and oxygen atoms in total. The highest BCUT2D eigenvalue weighted by Gasteiger charge is 2.18. The molecule has 1 atom stereocenters. The number of aromatic nitrogens is 2. The summed E-state index contributed by atoms with van der Waals surface area (Å²) in [5.41, 5.74) is 3.50. The predicted molar refractivity (Wildman–Crippen MR) is 82.0 cm³/mol. The second kappa shape index (κ2) is 4.59. The van der Waals surface area contributed by atoms with E-state index < -0.39 is 0 Å². The fraction of sp³-hybridized carbons (Fsp3) is 0.467. The van der Waals surface area contributed by atoms with Crippen molar-refractivity contribution in [2.45, 2.75) is 13.0 Å². The highest BCUT2D eigenvalue weighted by atomic mass is 15.3. The molecule has 3 heterocycles. The highest BCUT2D eigenvalue weighted by molar-refractivity contribution is 5.98. The quantitative estimate of drug-likeness (QED) is 0.852. The summed E-state index contributed by atoms with van der Waals surface area (Å²) >= 11 is 0. The van der Waals surface area contributed by atoms with Gasteiger partial charge in [0.25, 0.3) is 0 Å². The van der Waals surface area contributed by atoms with Gasteiger partial charge in [0.1, 0.15) is 0 Å². The van der Waals surface area contributed by atoms with Crippen LogP contribution in [0.1, 0.15) is 18.7 Å². The lowest BCUT2D eigenvalue weighted by Crippen LogP contribution is -2.43. The number of hydrogen-bond acceptors (Lipinski definition) is 4. The number of rotatable bonds is 1. The van der Waals surface area contributed by atoms with Gasteiger partial charge in [-0.15, -0.1) is 0 Å². The molecule has 0 radical (unpaired) electrons. The Labute approximate surface area is 118 Å². The fourth-order valence-electron chi connectivity index (χ4n) is 3.07. The normalized spacial score (nSPS) is 22.2. The Bertz CT molecular complexity index is 666. The number of benzene rings is 1. The summed E-state index contributed by atoms with van der Waals surface area (Å²) in [6.45, 7) is 7.24. The number of aliphatic imine (C=N–C) groups is 1. The van der Waals surface area contributed by atoms with Crippen LogP contribution >= 0.6 is 0 Å². The molecule has 1 fully saturated rings. The van der Waals surface area contributed by atoms with E-state index >= 15 is 0 Å². The van der Waals surface area contributed by atoms with Crippen molar-refractivity contribution in [1.82, 2.24) is 15.1 Å². The minimum absolute atomic E-state index is 0.352. The third-order valence-electron chi connectivity index (χ3n) is 4.20. The minimum Gasteiger partial charge on any atom is -0.369 e. The van der Waals surface area contributed by atoms with Crippen LogP contribution in [0.3, 0.4) is 0 Å². The highest BCUT2D eigenvalue weighted by Crippen LogP contribution is 2.27. The van der Waals surface area contributed by atoms with Crippen molar-refractivity contribution in [3.05, 3.63) is 23.9 Å². The van der Waals surface area contributed by atoms with Gasteiger partial charge in [-0.3, -0.25) is 9.67 Å². The van der Waals surface area contributed by atoms with Gasteiger partial charge in [0.15, 0.2) is 0 Å². The molecule has 0 spiro atoms. The molecule has 1 unspecified atom stereocenters. The molecule has 0 amide bonds. The van der Waals surface area contributed by atoms with Crippen LogP contribution in [-0.4, -0.2) is 48.7 Å². The van der Waals surface area contributed by atoms with Crippen LogP contribution < -0.4 is 10.2 Å². The van der Waals surface area contributed by atoms with E-state index in [-0.39, 0.29) is 0 Å². The molecule has 0 aliphatic carbocycles. The molecule has 4 rings (SSSR count). The first-order chi connectivity index (χ1) is 9.83. The smallest absolute Gasteiger partial charge is 0.0951 e. The Hall–Kier alpha value is -1.88. The SMILES string of the molecule is CC1CN=Cc2c3ccc(N4CCNCC4)cc3nn21. The topological polar surface area (TPSA) is 45.4 Å². The van der Waals surface area contributed by atoms with Gasteiger partial charge in [-0.05, 0) is 25.1 Å². The van der Waals surface area contributed by atoms with Crippen molar-refractivity contribution >= 4 is 22.8 Å². The maximum atomic E-state index is 4.77. The Morgan fingerprint density at radius 3 is 2.95 bits per heavy atom. The van der Waals surface area contributed by atoms with E-state index in [4.69, 9.17) is 5.10 Å². The Morgan fingerprint density at radius 2 is 2.10 bits per heavy atom. The molecule has 5 heteroatoms. The van der Waals surface area contributed by atoms with E-state index in [9.17, 15) is 0 Å². The van der Waals surface area contributed by atoms with Crippen LogP contribution in [0.5, 0.6) is 0 Å². The number of hydrogen-bond donors (Lipinski definition) is 1. The van der Waals surface area contributed by atoms with Crippen LogP contribution in [0.4, 0.5) is 5.69 Å². The standard InChI is InChI=1S/C15H19N5/c1-11-9-17-10-15-13-3-2-12(8-14(13)18-20(11)15)19-6-4-16-5-7-19/h2-3,8,10-11,16H,4-7,9H2,1H3. The van der Waals surface area contributed by atoms with Crippen molar-refractivity contribution in [2.24, 2.45) is 4.99 Å². The Balaban J connectivity index is 1.78. The number of nitrogens with zero attached hydrogens (tertiary/aromatic N) is 4. The maximum absolute atomic E-state index is 4.77. The zero-order valence-corrected chi connectivity index (χ0v) is 11.7. The fourth-order valence-corrected chi connectivity index (χ4v) is 3.07. The van der Waals surface area contributed by atoms with Crippen molar-refractivity contribution in [1.29, 1.82) is 0 Å². The second-order valence-corrected chi connectivity index (χ2v) is 5.61. The van der Waals surface area contributed by atoms with Gasteiger partial charge in [-0.25, -0.2) is 0 Å². The summed E-state index contributed by atoms with van der Waals surface area (Å²) in [6.07, 6.45) is 1.96. The van der Waals surface area contributed by atoms with Crippen molar-refractivity contribution in [3.8, 4) is 0 Å². The van der Waals surface area contributed by atoms with Crippen LogP contribution in [0.25, 0.3) is 10.9 Å². The largest absolute Gasteiger partial charge is 0.369 e. The lowest BCUT2D eigenvalue weighted by molar-refractivity contribution is 0.494. The maximum Gasteiger partial charge on any atom is 0.0951 e. The number of piperazine rings is 1. The molecule has 104 valence electrons. The molecule has 1 N–H and O–H groups in total. The van der Waals surface area contributed by atoms with Crippen LogP contribution in [0.15, 0.2) is 23.2 Å². The average molecular weight is 269 g/mol. The van der Waals surface area contributed by atoms with Crippen LogP contribution in [-0.2, 0) is 0 Å². The van der Waals surface area contributed by atoms with E-state index in [0.717, 1.165) is 43.9 Å². The second-order valence-electron chi connectivity index (χ2n) is 5.61. The molecule has 1 aromatic heterocycles. The molecule has 2 aromatic rings. The summed E-state index contributed by atoms with van der Waals surface area (Å²) in [4.78, 5) is 6.85. The third-order valence-corrected chi connectivity index (χ3v) is 4.20. The lowest BCUT2D eigenvalue weighted by Gasteiger charge is -2.29. The zero-order valence-electron chi connectivity index (χ0n) is 11.7. The van der Waals surface area contributed by atoms with Crippen molar-refractivity contribution < 1.29 is 0 Å². The van der Waals surface area contributed by atoms with Gasteiger partial charge < -0.3 is 10.2 Å². The third kappa shape index (κ3) is 1.81. The van der Waals surface area contributed by atoms with Crippen molar-refractivity contribution in [2.75, 3.05) is 37.6 Å². The monoisotopic (exact) mass is 269 g/mol. The summed E-state index contributed by atoms with van der Waals surface area (Å²) in [5.74, 6) is 0. The van der Waals surface area contributed by atoms with Crippen LogP contribution in [0, 0.1) is 0 Å². The summed E-state index contributed by atoms with van der Waals surface area (Å²) < 4.78 is 2.11. The minimum atomic E-state index is 0.352. The van der Waals surface area contributed by atoms with E-state index in [0.29, 0.717) is 6.04 Å². The van der Waals surface area contributed by atoms with Gasteiger partial charge in [0.05, 0.1) is 23.8 Å². The zero-order chi connectivity index (χ0) is 13.5. The summed E-state index contributed by atoms with van der Waals surface area (Å²) in [5, 5.41) is 9.37. The van der Waals surface area contributed by atoms with Gasteiger partial charge in [-0.1, -0.05) is 0 Å². The number of anilines is 1.